The van der Waals surface area contributed by atoms with Crippen LogP contribution in [-0.4, -0.2) is 6.61 Å². The van der Waals surface area contributed by atoms with E-state index in [4.69, 9.17) is 4.74 Å². The van der Waals surface area contributed by atoms with Gasteiger partial charge in [0.25, 0.3) is 0 Å². The zero-order valence-electron chi connectivity index (χ0n) is 9.21. The van der Waals surface area contributed by atoms with E-state index in [2.05, 4.69) is 39.0 Å². The van der Waals surface area contributed by atoms with Crippen LogP contribution < -0.4 is 4.74 Å². The molecule has 1 aromatic carbocycles. The van der Waals surface area contributed by atoms with Crippen molar-refractivity contribution in [3.63, 3.8) is 0 Å². The second kappa shape index (κ2) is 3.64. The van der Waals surface area contributed by atoms with Gasteiger partial charge in [0.2, 0.25) is 0 Å². The Balaban J connectivity index is 2.29. The van der Waals surface area contributed by atoms with Gasteiger partial charge >= 0.3 is 0 Å². The van der Waals surface area contributed by atoms with Crippen LogP contribution in [0.15, 0.2) is 18.2 Å². The number of ether oxygens (including phenoxy) is 1. The van der Waals surface area contributed by atoms with E-state index < -0.39 is 0 Å². The summed E-state index contributed by atoms with van der Waals surface area (Å²) in [6.07, 6.45) is 1.18. The quantitative estimate of drug-likeness (QED) is 0.660. The molecule has 1 aliphatic heterocycles. The number of aryl methyl sites for hydroxylation is 1. The molecule has 0 radical (unpaired) electrons. The fraction of sp³-hybridized carbons (Fsp3) is 0.538. The van der Waals surface area contributed by atoms with Crippen molar-refractivity contribution in [3.05, 3.63) is 29.3 Å². The fourth-order valence-corrected chi connectivity index (χ4v) is 2.02. The van der Waals surface area contributed by atoms with Crippen molar-refractivity contribution >= 4 is 0 Å². The predicted octanol–water partition coefficient (Wildman–Crippen LogP) is 3.20. The molecule has 0 spiro atoms. The summed E-state index contributed by atoms with van der Waals surface area (Å²) in [5.41, 5.74) is 2.78. The minimum atomic E-state index is 0.684. The molecule has 2 rings (SSSR count). The molecule has 76 valence electrons. The van der Waals surface area contributed by atoms with Gasteiger partial charge in [0.15, 0.2) is 0 Å². The highest BCUT2D eigenvalue weighted by Crippen LogP contribution is 2.32. The van der Waals surface area contributed by atoms with E-state index in [0.29, 0.717) is 11.8 Å². The van der Waals surface area contributed by atoms with Crippen LogP contribution in [0.25, 0.3) is 0 Å². The Morgan fingerprint density at radius 1 is 1.36 bits per heavy atom. The Morgan fingerprint density at radius 2 is 2.14 bits per heavy atom. The van der Waals surface area contributed by atoms with Crippen LogP contribution in [0, 0.1) is 18.8 Å². The molecule has 0 N–H and O–H groups in total. The number of hydrogen-bond acceptors (Lipinski definition) is 1. The lowest BCUT2D eigenvalue weighted by Gasteiger charge is -2.28. The first kappa shape index (κ1) is 9.57. The number of benzene rings is 1. The van der Waals surface area contributed by atoms with Crippen molar-refractivity contribution in [2.24, 2.45) is 11.8 Å². The predicted molar refractivity (Wildman–Crippen MR) is 58.7 cm³/mol. The smallest absolute Gasteiger partial charge is 0.122 e. The van der Waals surface area contributed by atoms with Crippen molar-refractivity contribution in [2.75, 3.05) is 6.61 Å². The molecule has 0 fully saturated rings. The van der Waals surface area contributed by atoms with Crippen molar-refractivity contribution < 1.29 is 4.74 Å². The Labute approximate surface area is 86.1 Å². The third-order valence-electron chi connectivity index (χ3n) is 3.23. The molecule has 0 saturated heterocycles. The van der Waals surface area contributed by atoms with E-state index in [1.165, 1.54) is 17.5 Å². The topological polar surface area (TPSA) is 9.23 Å². The van der Waals surface area contributed by atoms with Crippen molar-refractivity contribution in [1.29, 1.82) is 0 Å². The molecule has 14 heavy (non-hydrogen) atoms. The van der Waals surface area contributed by atoms with E-state index >= 15 is 0 Å². The van der Waals surface area contributed by atoms with Gasteiger partial charge in [0.05, 0.1) is 6.61 Å². The molecule has 0 bridgehead atoms. The van der Waals surface area contributed by atoms with Gasteiger partial charge in [0.1, 0.15) is 5.75 Å². The van der Waals surface area contributed by atoms with Crippen molar-refractivity contribution in [2.45, 2.75) is 27.2 Å². The van der Waals surface area contributed by atoms with E-state index in [1.54, 1.807) is 0 Å². The lowest BCUT2D eigenvalue weighted by molar-refractivity contribution is 0.184. The van der Waals surface area contributed by atoms with Crippen molar-refractivity contribution in [1.82, 2.24) is 0 Å². The molecule has 1 heteroatoms. The Hall–Kier alpha value is -0.980. The maximum atomic E-state index is 5.78. The lowest BCUT2D eigenvalue weighted by atomic mass is 9.86. The standard InChI is InChI=1S/C13H18O/c1-9(2)11-7-12-10(3)5-4-6-13(12)14-8-11/h4-6,9,11H,7-8H2,1-3H3. The molecule has 1 aromatic rings. The summed E-state index contributed by atoms with van der Waals surface area (Å²) >= 11 is 0. The van der Waals surface area contributed by atoms with Crippen LogP contribution in [0.4, 0.5) is 0 Å². The summed E-state index contributed by atoms with van der Waals surface area (Å²) in [6, 6.07) is 6.33. The van der Waals surface area contributed by atoms with Crippen LogP contribution in [-0.2, 0) is 6.42 Å². The van der Waals surface area contributed by atoms with Gasteiger partial charge < -0.3 is 4.74 Å². The fourth-order valence-electron chi connectivity index (χ4n) is 2.02. The van der Waals surface area contributed by atoms with Gasteiger partial charge in [-0.25, -0.2) is 0 Å². The Bertz CT molecular complexity index is 328. The van der Waals surface area contributed by atoms with E-state index in [9.17, 15) is 0 Å². The minimum absolute atomic E-state index is 0.684. The van der Waals surface area contributed by atoms with Gasteiger partial charge in [-0.3, -0.25) is 0 Å². The second-order valence-electron chi connectivity index (χ2n) is 4.57. The molecule has 0 amide bonds. The second-order valence-corrected chi connectivity index (χ2v) is 4.57. The van der Waals surface area contributed by atoms with Crippen LogP contribution in [0.3, 0.4) is 0 Å². The highest BCUT2D eigenvalue weighted by Gasteiger charge is 2.23. The third kappa shape index (κ3) is 1.63. The van der Waals surface area contributed by atoms with E-state index in [1.807, 2.05) is 0 Å². The summed E-state index contributed by atoms with van der Waals surface area (Å²) in [7, 11) is 0. The molecule has 1 atom stereocenters. The number of rotatable bonds is 1. The van der Waals surface area contributed by atoms with E-state index in [-0.39, 0.29) is 0 Å². The summed E-state index contributed by atoms with van der Waals surface area (Å²) in [5, 5.41) is 0. The largest absolute Gasteiger partial charge is 0.493 e. The molecule has 0 aromatic heterocycles. The first-order valence-corrected chi connectivity index (χ1v) is 5.39. The summed E-state index contributed by atoms with van der Waals surface area (Å²) < 4.78 is 5.78. The zero-order valence-corrected chi connectivity index (χ0v) is 9.21. The normalized spacial score (nSPS) is 20.4. The molecule has 1 nitrogen and oxygen atoms in total. The maximum absolute atomic E-state index is 5.78. The van der Waals surface area contributed by atoms with Crippen LogP contribution in [0.2, 0.25) is 0 Å². The lowest BCUT2D eigenvalue weighted by Crippen LogP contribution is -2.25. The molecule has 1 unspecified atom stereocenters. The molecule has 1 aliphatic rings. The molecule has 0 aliphatic carbocycles. The monoisotopic (exact) mass is 190 g/mol. The van der Waals surface area contributed by atoms with E-state index in [0.717, 1.165) is 12.4 Å². The average Bonchev–Trinajstić information content (AvgIpc) is 2.18. The first-order chi connectivity index (χ1) is 6.68. The highest BCUT2D eigenvalue weighted by atomic mass is 16.5. The molecular weight excluding hydrogens is 172 g/mol. The van der Waals surface area contributed by atoms with Crippen molar-refractivity contribution in [3.8, 4) is 5.75 Å². The minimum Gasteiger partial charge on any atom is -0.493 e. The van der Waals surface area contributed by atoms with Gasteiger partial charge in [0, 0.05) is 0 Å². The van der Waals surface area contributed by atoms with Crippen LogP contribution in [0.1, 0.15) is 25.0 Å². The molecular formula is C13H18O. The SMILES string of the molecule is Cc1cccc2c1CC(C(C)C)CO2. The number of hydrogen-bond donors (Lipinski definition) is 0. The van der Waals surface area contributed by atoms with Gasteiger partial charge in [-0.05, 0) is 42.4 Å². The summed E-state index contributed by atoms with van der Waals surface area (Å²) in [4.78, 5) is 0. The maximum Gasteiger partial charge on any atom is 0.122 e. The molecule has 1 heterocycles. The van der Waals surface area contributed by atoms with Gasteiger partial charge in [-0.1, -0.05) is 26.0 Å². The Morgan fingerprint density at radius 3 is 2.86 bits per heavy atom. The molecule has 0 saturated carbocycles. The third-order valence-corrected chi connectivity index (χ3v) is 3.23. The average molecular weight is 190 g/mol. The Kier molecular flexibility index (Phi) is 2.49. The summed E-state index contributed by atoms with van der Waals surface area (Å²) in [5.74, 6) is 2.49. The number of fused-ring (bicyclic) bond motifs is 1. The summed E-state index contributed by atoms with van der Waals surface area (Å²) in [6.45, 7) is 7.60. The van der Waals surface area contributed by atoms with Crippen LogP contribution in [0.5, 0.6) is 5.75 Å². The highest BCUT2D eigenvalue weighted by molar-refractivity contribution is 5.41. The van der Waals surface area contributed by atoms with Crippen LogP contribution >= 0.6 is 0 Å². The van der Waals surface area contributed by atoms with Gasteiger partial charge in [-0.2, -0.15) is 0 Å². The zero-order chi connectivity index (χ0) is 10.1. The first-order valence-electron chi connectivity index (χ1n) is 5.39. The van der Waals surface area contributed by atoms with Gasteiger partial charge in [-0.15, -0.1) is 0 Å².